The van der Waals surface area contributed by atoms with Gasteiger partial charge in [-0.05, 0) is 57.0 Å². The van der Waals surface area contributed by atoms with E-state index in [1.165, 1.54) is 0 Å². The molecule has 1 aliphatic heterocycles. The van der Waals surface area contributed by atoms with Crippen molar-refractivity contribution < 1.29 is 9.90 Å². The number of aliphatic carboxylic acids is 1. The van der Waals surface area contributed by atoms with Crippen LogP contribution in [0.25, 0.3) is 5.69 Å². The van der Waals surface area contributed by atoms with E-state index in [9.17, 15) is 9.90 Å². The molecule has 2 aromatic rings. The van der Waals surface area contributed by atoms with E-state index in [1.54, 1.807) is 0 Å². The molecular weight excluding hydrogens is 278 g/mol. The highest BCUT2D eigenvalue weighted by atomic mass is 16.4. The van der Waals surface area contributed by atoms with Crippen LogP contribution in [-0.4, -0.2) is 38.3 Å². The zero-order chi connectivity index (χ0) is 15.7. The summed E-state index contributed by atoms with van der Waals surface area (Å²) in [6.45, 7) is 5.57. The van der Waals surface area contributed by atoms with E-state index in [2.05, 4.69) is 23.3 Å². The van der Waals surface area contributed by atoms with Gasteiger partial charge >= 0.3 is 5.97 Å². The summed E-state index contributed by atoms with van der Waals surface area (Å²) in [5.41, 5.74) is 4.28. The van der Waals surface area contributed by atoms with Crippen molar-refractivity contribution in [1.29, 1.82) is 0 Å². The number of nitrogens with zero attached hydrogens (tertiary/aromatic N) is 3. The molecule has 5 nitrogen and oxygen atoms in total. The number of aromatic nitrogens is 2. The first-order chi connectivity index (χ1) is 10.5. The summed E-state index contributed by atoms with van der Waals surface area (Å²) in [5.74, 6) is -0.711. The average Bonchev–Trinajstić information content (AvgIpc) is 3.06. The Morgan fingerprint density at radius 2 is 2.05 bits per heavy atom. The van der Waals surface area contributed by atoms with Crippen LogP contribution in [0.4, 0.5) is 0 Å². The minimum Gasteiger partial charge on any atom is -0.480 e. The highest BCUT2D eigenvalue weighted by Gasteiger charge is 2.30. The van der Waals surface area contributed by atoms with Crippen LogP contribution >= 0.6 is 0 Å². The van der Waals surface area contributed by atoms with Gasteiger partial charge in [-0.15, -0.1) is 0 Å². The van der Waals surface area contributed by atoms with Gasteiger partial charge in [0.15, 0.2) is 0 Å². The van der Waals surface area contributed by atoms with Crippen LogP contribution in [0, 0.1) is 13.8 Å². The molecule has 0 radical (unpaired) electrons. The number of hydrogen-bond acceptors (Lipinski definition) is 3. The van der Waals surface area contributed by atoms with E-state index in [0.717, 1.165) is 42.0 Å². The Morgan fingerprint density at radius 1 is 1.32 bits per heavy atom. The molecule has 1 aliphatic rings. The molecule has 1 N–H and O–H groups in total. The molecule has 5 heteroatoms. The Balaban J connectivity index is 1.74. The lowest BCUT2D eigenvalue weighted by atomic mass is 10.1. The third kappa shape index (κ3) is 2.90. The van der Waals surface area contributed by atoms with Crippen LogP contribution in [-0.2, 0) is 11.3 Å². The van der Waals surface area contributed by atoms with Crippen LogP contribution in [0.5, 0.6) is 0 Å². The monoisotopic (exact) mass is 299 g/mol. The highest BCUT2D eigenvalue weighted by Crippen LogP contribution is 2.21. The molecule has 22 heavy (non-hydrogen) atoms. The molecule has 1 atom stereocenters. The molecule has 2 heterocycles. The van der Waals surface area contributed by atoms with Gasteiger partial charge in [0.25, 0.3) is 0 Å². The van der Waals surface area contributed by atoms with Gasteiger partial charge in [0.1, 0.15) is 6.04 Å². The molecule has 0 aliphatic carbocycles. The maximum absolute atomic E-state index is 11.2. The topological polar surface area (TPSA) is 58.4 Å². The van der Waals surface area contributed by atoms with Crippen molar-refractivity contribution in [3.05, 3.63) is 47.3 Å². The first kappa shape index (κ1) is 14.8. The van der Waals surface area contributed by atoms with E-state index in [0.29, 0.717) is 6.54 Å². The van der Waals surface area contributed by atoms with E-state index in [4.69, 9.17) is 0 Å². The Morgan fingerprint density at radius 3 is 2.64 bits per heavy atom. The van der Waals surface area contributed by atoms with E-state index in [1.807, 2.05) is 35.6 Å². The van der Waals surface area contributed by atoms with Crippen molar-refractivity contribution in [2.75, 3.05) is 6.54 Å². The van der Waals surface area contributed by atoms with Crippen molar-refractivity contribution in [2.45, 2.75) is 39.3 Å². The number of carboxylic acid groups (broad SMARTS) is 1. The third-order valence-electron chi connectivity index (χ3n) is 4.22. The standard InChI is InChI=1S/C17H21N3O2/c1-12-10-13(2)20(18-12)15-7-5-14(6-8-15)11-19-9-3-4-16(19)17(21)22/h5-8,10,16H,3-4,9,11H2,1-2H3,(H,21,22)/t16-/m0/s1. The number of hydrogen-bond donors (Lipinski definition) is 1. The smallest absolute Gasteiger partial charge is 0.320 e. The van der Waals surface area contributed by atoms with Crippen molar-refractivity contribution in [1.82, 2.24) is 14.7 Å². The van der Waals surface area contributed by atoms with Crippen molar-refractivity contribution in [3.63, 3.8) is 0 Å². The van der Waals surface area contributed by atoms with Gasteiger partial charge in [-0.25, -0.2) is 4.68 Å². The lowest BCUT2D eigenvalue weighted by Crippen LogP contribution is -2.35. The quantitative estimate of drug-likeness (QED) is 0.942. The molecule has 0 amide bonds. The van der Waals surface area contributed by atoms with Gasteiger partial charge in [0.2, 0.25) is 0 Å². The minimum absolute atomic E-state index is 0.337. The van der Waals surface area contributed by atoms with Crippen molar-refractivity contribution >= 4 is 5.97 Å². The summed E-state index contributed by atoms with van der Waals surface area (Å²) >= 11 is 0. The first-order valence-corrected chi connectivity index (χ1v) is 7.64. The van der Waals surface area contributed by atoms with Gasteiger partial charge in [0.05, 0.1) is 11.4 Å². The zero-order valence-electron chi connectivity index (χ0n) is 13.0. The molecule has 1 aromatic carbocycles. The van der Waals surface area contributed by atoms with Gasteiger partial charge < -0.3 is 5.11 Å². The normalized spacial score (nSPS) is 18.7. The highest BCUT2D eigenvalue weighted by molar-refractivity contribution is 5.73. The molecule has 1 fully saturated rings. The largest absolute Gasteiger partial charge is 0.480 e. The number of likely N-dealkylation sites (tertiary alicyclic amines) is 1. The fourth-order valence-electron chi connectivity index (χ4n) is 3.16. The van der Waals surface area contributed by atoms with Crippen LogP contribution in [0.2, 0.25) is 0 Å². The van der Waals surface area contributed by atoms with Gasteiger partial charge in [-0.2, -0.15) is 5.10 Å². The summed E-state index contributed by atoms with van der Waals surface area (Å²) in [6.07, 6.45) is 1.71. The van der Waals surface area contributed by atoms with Gasteiger partial charge in [-0.1, -0.05) is 12.1 Å². The second-order valence-corrected chi connectivity index (χ2v) is 5.97. The number of carboxylic acids is 1. The Bertz CT molecular complexity index is 676. The summed E-state index contributed by atoms with van der Waals surface area (Å²) in [4.78, 5) is 13.3. The minimum atomic E-state index is -0.711. The fourth-order valence-corrected chi connectivity index (χ4v) is 3.16. The van der Waals surface area contributed by atoms with E-state index in [-0.39, 0.29) is 6.04 Å². The molecule has 0 unspecified atom stereocenters. The molecular formula is C17H21N3O2. The molecule has 0 saturated carbocycles. The lowest BCUT2D eigenvalue weighted by molar-refractivity contribution is -0.142. The second kappa shape index (κ2) is 5.93. The average molecular weight is 299 g/mol. The second-order valence-electron chi connectivity index (χ2n) is 5.97. The lowest BCUT2D eigenvalue weighted by Gasteiger charge is -2.21. The predicted octanol–water partition coefficient (Wildman–Crippen LogP) is 2.54. The number of aryl methyl sites for hydroxylation is 2. The van der Waals surface area contributed by atoms with Crippen LogP contribution in [0.15, 0.2) is 30.3 Å². The van der Waals surface area contributed by atoms with Gasteiger partial charge in [0, 0.05) is 12.2 Å². The first-order valence-electron chi connectivity index (χ1n) is 7.64. The number of rotatable bonds is 4. The summed E-state index contributed by atoms with van der Waals surface area (Å²) in [7, 11) is 0. The third-order valence-corrected chi connectivity index (χ3v) is 4.22. The molecule has 3 rings (SSSR count). The van der Waals surface area contributed by atoms with Crippen molar-refractivity contribution in [2.24, 2.45) is 0 Å². The molecule has 116 valence electrons. The zero-order valence-corrected chi connectivity index (χ0v) is 13.0. The maximum atomic E-state index is 11.2. The molecule has 0 spiro atoms. The molecule has 1 saturated heterocycles. The number of benzene rings is 1. The van der Waals surface area contributed by atoms with Crippen LogP contribution in [0.1, 0.15) is 29.8 Å². The summed E-state index contributed by atoms with van der Waals surface area (Å²) < 4.78 is 1.93. The number of carbonyl (C=O) groups is 1. The Hall–Kier alpha value is -2.14. The van der Waals surface area contributed by atoms with E-state index >= 15 is 0 Å². The summed E-state index contributed by atoms with van der Waals surface area (Å²) in [5, 5.41) is 13.7. The SMILES string of the molecule is Cc1cc(C)n(-c2ccc(CN3CCC[C@H]3C(=O)O)cc2)n1. The molecule has 1 aromatic heterocycles. The summed E-state index contributed by atoms with van der Waals surface area (Å²) in [6, 6.07) is 9.92. The maximum Gasteiger partial charge on any atom is 0.320 e. The Labute approximate surface area is 130 Å². The van der Waals surface area contributed by atoms with E-state index < -0.39 is 5.97 Å². The van der Waals surface area contributed by atoms with Crippen LogP contribution < -0.4 is 0 Å². The predicted molar refractivity (Wildman–Crippen MR) is 84.1 cm³/mol. The van der Waals surface area contributed by atoms with Gasteiger partial charge in [-0.3, -0.25) is 9.69 Å². The van der Waals surface area contributed by atoms with Crippen molar-refractivity contribution in [3.8, 4) is 5.69 Å². The van der Waals surface area contributed by atoms with Crippen LogP contribution in [0.3, 0.4) is 0 Å². The Kier molecular flexibility index (Phi) is 3.98. The fraction of sp³-hybridized carbons (Fsp3) is 0.412. The molecule has 0 bridgehead atoms.